The highest BCUT2D eigenvalue weighted by molar-refractivity contribution is 9.10. The summed E-state index contributed by atoms with van der Waals surface area (Å²) in [7, 11) is 3.32. The highest BCUT2D eigenvalue weighted by atomic mass is 79.9. The first kappa shape index (κ1) is 15.4. The minimum Gasteiger partial charge on any atom is -0.465 e. The Labute approximate surface area is 132 Å². The van der Waals surface area contributed by atoms with Crippen LogP contribution in [0.25, 0.3) is 0 Å². The summed E-state index contributed by atoms with van der Waals surface area (Å²) in [6, 6.07) is 13.3. The van der Waals surface area contributed by atoms with E-state index < -0.39 is 0 Å². The molecule has 0 heterocycles. The van der Waals surface area contributed by atoms with E-state index in [1.807, 2.05) is 30.1 Å². The predicted molar refractivity (Wildman–Crippen MR) is 88.4 cm³/mol. The van der Waals surface area contributed by atoms with Gasteiger partial charge < -0.3 is 15.4 Å². The summed E-state index contributed by atoms with van der Waals surface area (Å²) < 4.78 is 5.73. The lowest BCUT2D eigenvalue weighted by Gasteiger charge is -2.21. The number of hydrogen-bond acceptors (Lipinski definition) is 4. The molecule has 110 valence electrons. The van der Waals surface area contributed by atoms with Crippen LogP contribution in [-0.4, -0.2) is 20.1 Å². The average Bonchev–Trinajstić information content (AvgIpc) is 2.46. The maximum atomic E-state index is 11.5. The zero-order valence-corrected chi connectivity index (χ0v) is 13.6. The lowest BCUT2D eigenvalue weighted by atomic mass is 10.1. The van der Waals surface area contributed by atoms with Crippen molar-refractivity contribution < 1.29 is 9.53 Å². The van der Waals surface area contributed by atoms with Gasteiger partial charge in [-0.2, -0.15) is 0 Å². The topological polar surface area (TPSA) is 55.6 Å². The van der Waals surface area contributed by atoms with Crippen molar-refractivity contribution in [2.75, 3.05) is 24.8 Å². The van der Waals surface area contributed by atoms with E-state index in [9.17, 15) is 4.79 Å². The molecule has 0 fully saturated rings. The summed E-state index contributed by atoms with van der Waals surface area (Å²) in [4.78, 5) is 13.5. The number of nitrogen functional groups attached to an aromatic ring is 1. The Kier molecular flexibility index (Phi) is 4.85. The van der Waals surface area contributed by atoms with Crippen molar-refractivity contribution in [3.05, 3.63) is 58.1 Å². The molecule has 0 atom stereocenters. The van der Waals surface area contributed by atoms with Crippen LogP contribution in [0.5, 0.6) is 0 Å². The highest BCUT2D eigenvalue weighted by Gasteiger charge is 2.11. The number of anilines is 2. The molecule has 2 N–H and O–H groups in total. The number of esters is 1. The van der Waals surface area contributed by atoms with Crippen molar-refractivity contribution in [1.82, 2.24) is 0 Å². The lowest BCUT2D eigenvalue weighted by molar-refractivity contribution is 0.0601. The predicted octanol–water partition coefficient (Wildman–Crippen LogP) is 3.45. The van der Waals surface area contributed by atoms with E-state index >= 15 is 0 Å². The average molecular weight is 349 g/mol. The van der Waals surface area contributed by atoms with Crippen molar-refractivity contribution in [2.45, 2.75) is 6.54 Å². The van der Waals surface area contributed by atoms with Gasteiger partial charge in [0.15, 0.2) is 0 Å². The number of hydrogen-bond donors (Lipinski definition) is 1. The van der Waals surface area contributed by atoms with E-state index in [0.29, 0.717) is 11.3 Å². The summed E-state index contributed by atoms with van der Waals surface area (Å²) in [6.45, 7) is 0.723. The van der Waals surface area contributed by atoms with Crippen LogP contribution in [0.1, 0.15) is 15.9 Å². The summed E-state index contributed by atoms with van der Waals surface area (Å²) >= 11 is 3.46. The Hall–Kier alpha value is -2.01. The van der Waals surface area contributed by atoms with Gasteiger partial charge in [0.05, 0.1) is 24.0 Å². The van der Waals surface area contributed by atoms with Crippen LogP contribution in [0.2, 0.25) is 0 Å². The molecule has 4 nitrogen and oxygen atoms in total. The summed E-state index contributed by atoms with van der Waals surface area (Å²) in [5, 5.41) is 0. The third kappa shape index (κ3) is 3.76. The second-order valence-corrected chi connectivity index (χ2v) is 5.67. The minimum absolute atomic E-state index is 0.386. The number of methoxy groups -OCH3 is 1. The first-order valence-electron chi connectivity index (χ1n) is 6.44. The number of benzene rings is 2. The lowest BCUT2D eigenvalue weighted by Crippen LogP contribution is -2.18. The summed E-state index contributed by atoms with van der Waals surface area (Å²) in [6.07, 6.45) is 0. The van der Waals surface area contributed by atoms with E-state index in [0.717, 1.165) is 16.7 Å². The van der Waals surface area contributed by atoms with Crippen molar-refractivity contribution >= 4 is 33.3 Å². The maximum absolute atomic E-state index is 11.5. The highest BCUT2D eigenvalue weighted by Crippen LogP contribution is 2.25. The monoisotopic (exact) mass is 348 g/mol. The maximum Gasteiger partial charge on any atom is 0.337 e. The number of nitrogens with two attached hydrogens (primary N) is 1. The summed E-state index contributed by atoms with van der Waals surface area (Å²) in [5.74, 6) is -0.386. The fraction of sp³-hybridized carbons (Fsp3) is 0.188. The second kappa shape index (κ2) is 6.63. The normalized spacial score (nSPS) is 10.2. The number of halogens is 1. The number of carbonyl (C=O) groups excluding carboxylic acids is 1. The van der Waals surface area contributed by atoms with Crippen LogP contribution in [0, 0.1) is 0 Å². The number of nitrogens with zero attached hydrogens (tertiary/aromatic N) is 1. The molecule has 0 aliphatic heterocycles. The first-order chi connectivity index (χ1) is 10.0. The third-order valence-electron chi connectivity index (χ3n) is 3.17. The first-order valence-corrected chi connectivity index (χ1v) is 7.24. The third-order valence-corrected chi connectivity index (χ3v) is 3.66. The van der Waals surface area contributed by atoms with E-state index in [1.54, 1.807) is 12.1 Å². The van der Waals surface area contributed by atoms with Gasteiger partial charge in [0.2, 0.25) is 0 Å². The molecule has 0 radical (unpaired) electrons. The molecule has 0 aliphatic rings. The minimum atomic E-state index is -0.386. The van der Waals surface area contributed by atoms with E-state index in [4.69, 9.17) is 5.73 Å². The van der Waals surface area contributed by atoms with Crippen LogP contribution in [0.15, 0.2) is 46.9 Å². The number of carbonyl (C=O) groups is 1. The van der Waals surface area contributed by atoms with Gasteiger partial charge in [0.1, 0.15) is 0 Å². The fourth-order valence-corrected chi connectivity index (χ4v) is 2.59. The molecule has 0 unspecified atom stereocenters. The smallest absolute Gasteiger partial charge is 0.337 e. The van der Waals surface area contributed by atoms with E-state index in [2.05, 4.69) is 32.8 Å². The molecule has 0 amide bonds. The molecule has 2 aromatic rings. The van der Waals surface area contributed by atoms with Gasteiger partial charge in [-0.1, -0.05) is 28.1 Å². The summed E-state index contributed by atoms with van der Waals surface area (Å²) in [5.41, 5.74) is 9.09. The van der Waals surface area contributed by atoms with E-state index in [1.165, 1.54) is 12.7 Å². The standard InChI is InChI=1S/C16H17BrN2O2/c1-19(10-11-4-3-5-13(17)8-11)15-7-6-12(9-14(15)18)16(20)21-2/h3-9H,10,18H2,1-2H3. The van der Waals surface area contributed by atoms with Crippen molar-refractivity contribution in [2.24, 2.45) is 0 Å². The fourth-order valence-electron chi connectivity index (χ4n) is 2.14. The molecule has 0 aliphatic carbocycles. The number of rotatable bonds is 4. The van der Waals surface area contributed by atoms with Crippen molar-refractivity contribution in [3.63, 3.8) is 0 Å². The van der Waals surface area contributed by atoms with Crippen LogP contribution in [0.4, 0.5) is 11.4 Å². The molecule has 0 saturated heterocycles. The quantitative estimate of drug-likeness (QED) is 0.679. The van der Waals surface area contributed by atoms with Gasteiger partial charge in [-0.3, -0.25) is 0 Å². The second-order valence-electron chi connectivity index (χ2n) is 4.75. The SMILES string of the molecule is COC(=O)c1ccc(N(C)Cc2cccc(Br)c2)c(N)c1. The van der Waals surface area contributed by atoms with Crippen molar-refractivity contribution in [3.8, 4) is 0 Å². The van der Waals surface area contributed by atoms with Crippen LogP contribution < -0.4 is 10.6 Å². The molecular formula is C16H17BrN2O2. The largest absolute Gasteiger partial charge is 0.465 e. The molecule has 5 heteroatoms. The zero-order chi connectivity index (χ0) is 15.4. The Morgan fingerprint density at radius 3 is 2.67 bits per heavy atom. The Morgan fingerprint density at radius 2 is 2.05 bits per heavy atom. The van der Waals surface area contributed by atoms with Crippen molar-refractivity contribution in [1.29, 1.82) is 0 Å². The molecule has 2 aromatic carbocycles. The number of ether oxygens (including phenoxy) is 1. The molecule has 21 heavy (non-hydrogen) atoms. The van der Waals surface area contributed by atoms with Gasteiger partial charge >= 0.3 is 5.97 Å². The van der Waals surface area contributed by atoms with Gasteiger partial charge in [-0.25, -0.2) is 4.79 Å². The van der Waals surface area contributed by atoms with E-state index in [-0.39, 0.29) is 5.97 Å². The Balaban J connectivity index is 2.19. The van der Waals surface area contributed by atoms with Crippen LogP contribution in [-0.2, 0) is 11.3 Å². The Bertz CT molecular complexity index is 658. The van der Waals surface area contributed by atoms with Crippen LogP contribution >= 0.6 is 15.9 Å². The molecular weight excluding hydrogens is 332 g/mol. The molecule has 0 saturated carbocycles. The molecule has 0 aromatic heterocycles. The zero-order valence-electron chi connectivity index (χ0n) is 12.0. The van der Waals surface area contributed by atoms with Gasteiger partial charge in [0, 0.05) is 18.1 Å². The molecule has 2 rings (SSSR count). The molecule has 0 spiro atoms. The Morgan fingerprint density at radius 1 is 1.29 bits per heavy atom. The van der Waals surface area contributed by atoms with Gasteiger partial charge in [-0.05, 0) is 35.9 Å². The molecule has 0 bridgehead atoms. The van der Waals surface area contributed by atoms with Crippen LogP contribution in [0.3, 0.4) is 0 Å². The van der Waals surface area contributed by atoms with Gasteiger partial charge in [0.25, 0.3) is 0 Å². The van der Waals surface area contributed by atoms with Gasteiger partial charge in [-0.15, -0.1) is 0 Å².